The summed E-state index contributed by atoms with van der Waals surface area (Å²) < 4.78 is 25.4. The van der Waals surface area contributed by atoms with E-state index in [0.29, 0.717) is 18.5 Å². The van der Waals surface area contributed by atoms with Crippen LogP contribution in [0.2, 0.25) is 0 Å². The predicted octanol–water partition coefficient (Wildman–Crippen LogP) is 4.19. The maximum absolute atomic E-state index is 12.7. The quantitative estimate of drug-likeness (QED) is 0.209. The number of phenols is 1. The summed E-state index contributed by atoms with van der Waals surface area (Å²) in [6, 6.07) is 16.5. The molecule has 0 saturated heterocycles. The van der Waals surface area contributed by atoms with Gasteiger partial charge in [-0.3, -0.25) is 9.52 Å². The van der Waals surface area contributed by atoms with Crippen LogP contribution in [-0.4, -0.2) is 42.9 Å². The zero-order valence-electron chi connectivity index (χ0n) is 24.1. The first kappa shape index (κ1) is 31.1. The largest absolute Gasteiger partial charge is 0.506 e. The van der Waals surface area contributed by atoms with Gasteiger partial charge in [0, 0.05) is 18.6 Å². The molecule has 8 nitrogen and oxygen atoms in total. The van der Waals surface area contributed by atoms with Crippen molar-refractivity contribution in [2.75, 3.05) is 17.5 Å². The van der Waals surface area contributed by atoms with E-state index in [-0.39, 0.29) is 35.8 Å². The van der Waals surface area contributed by atoms with Crippen molar-refractivity contribution in [1.82, 2.24) is 10.6 Å². The SMILES string of the molecule is Cc1cc(C)c(CNC(=O)Cc2cccc(CC(C)(C)NC[C@H](O)c3ccc(O)c(NS(C)(=O)=O)c3)c2)c(C)c1. The van der Waals surface area contributed by atoms with Crippen LogP contribution in [0.1, 0.15) is 58.9 Å². The van der Waals surface area contributed by atoms with E-state index in [0.717, 1.165) is 22.9 Å². The molecule has 1 amide bonds. The van der Waals surface area contributed by atoms with Crippen molar-refractivity contribution in [3.8, 4) is 5.75 Å². The number of β-amino-alcohol motifs (C(OH)–C–C–N with tert-alkyl or cyclic N) is 1. The van der Waals surface area contributed by atoms with Crippen LogP contribution in [0.15, 0.2) is 54.6 Å². The van der Waals surface area contributed by atoms with Crippen molar-refractivity contribution in [3.05, 3.63) is 93.5 Å². The fourth-order valence-electron chi connectivity index (χ4n) is 4.88. The average molecular weight is 568 g/mol. The van der Waals surface area contributed by atoms with E-state index < -0.39 is 16.1 Å². The Morgan fingerprint density at radius 2 is 1.62 bits per heavy atom. The first-order chi connectivity index (χ1) is 18.6. The van der Waals surface area contributed by atoms with Crippen LogP contribution in [0.25, 0.3) is 0 Å². The second-order valence-corrected chi connectivity index (χ2v) is 13.0. The number of nitrogens with one attached hydrogen (secondary N) is 3. The van der Waals surface area contributed by atoms with Gasteiger partial charge in [-0.25, -0.2) is 8.42 Å². The molecule has 3 aromatic rings. The number of amides is 1. The van der Waals surface area contributed by atoms with Gasteiger partial charge in [0.1, 0.15) is 5.75 Å². The number of phenolic OH excluding ortho intramolecular Hbond substituents is 1. The number of benzene rings is 3. The van der Waals surface area contributed by atoms with Gasteiger partial charge < -0.3 is 20.8 Å². The Bertz CT molecular complexity index is 1440. The molecule has 0 fully saturated rings. The number of rotatable bonds is 12. The highest BCUT2D eigenvalue weighted by Gasteiger charge is 2.21. The third-order valence-corrected chi connectivity index (χ3v) is 7.37. The lowest BCUT2D eigenvalue weighted by atomic mass is 9.93. The number of hydrogen-bond acceptors (Lipinski definition) is 6. The van der Waals surface area contributed by atoms with E-state index in [1.54, 1.807) is 6.07 Å². The van der Waals surface area contributed by atoms with E-state index in [1.165, 1.54) is 28.8 Å². The zero-order valence-corrected chi connectivity index (χ0v) is 24.9. The average Bonchev–Trinajstić information content (AvgIpc) is 2.82. The van der Waals surface area contributed by atoms with E-state index in [4.69, 9.17) is 0 Å². The fraction of sp³-hybridized carbons (Fsp3) is 0.387. The van der Waals surface area contributed by atoms with Gasteiger partial charge in [-0.15, -0.1) is 0 Å². The predicted molar refractivity (Wildman–Crippen MR) is 160 cm³/mol. The van der Waals surface area contributed by atoms with Crippen molar-refractivity contribution >= 4 is 21.6 Å². The molecule has 9 heteroatoms. The van der Waals surface area contributed by atoms with Gasteiger partial charge in [-0.1, -0.05) is 48.0 Å². The lowest BCUT2D eigenvalue weighted by Gasteiger charge is -2.28. The molecule has 0 bridgehead atoms. The Morgan fingerprint density at radius 1 is 0.975 bits per heavy atom. The second-order valence-electron chi connectivity index (χ2n) is 11.3. The topological polar surface area (TPSA) is 128 Å². The van der Waals surface area contributed by atoms with Crippen LogP contribution in [0, 0.1) is 20.8 Å². The van der Waals surface area contributed by atoms with E-state index in [2.05, 4.69) is 48.3 Å². The molecular formula is C31H41N3O5S. The lowest BCUT2D eigenvalue weighted by molar-refractivity contribution is -0.120. The number of anilines is 1. The fourth-order valence-corrected chi connectivity index (χ4v) is 5.44. The van der Waals surface area contributed by atoms with Crippen LogP contribution in [0.5, 0.6) is 5.75 Å². The summed E-state index contributed by atoms with van der Waals surface area (Å²) in [7, 11) is -3.58. The highest BCUT2D eigenvalue weighted by molar-refractivity contribution is 7.92. The second kappa shape index (κ2) is 12.8. The normalized spacial score (nSPS) is 12.7. The molecule has 0 radical (unpaired) electrons. The van der Waals surface area contributed by atoms with Gasteiger partial charge in [0.05, 0.1) is 24.5 Å². The first-order valence-electron chi connectivity index (χ1n) is 13.3. The summed E-state index contributed by atoms with van der Waals surface area (Å²) in [5, 5.41) is 27.1. The molecule has 0 aromatic heterocycles. The van der Waals surface area contributed by atoms with Gasteiger partial charge >= 0.3 is 0 Å². The molecule has 0 aliphatic heterocycles. The maximum atomic E-state index is 12.7. The van der Waals surface area contributed by atoms with Gasteiger partial charge in [0.2, 0.25) is 15.9 Å². The summed E-state index contributed by atoms with van der Waals surface area (Å²) >= 11 is 0. The molecule has 40 heavy (non-hydrogen) atoms. The summed E-state index contributed by atoms with van der Waals surface area (Å²) in [5.74, 6) is -0.251. The molecule has 0 unspecified atom stereocenters. The summed E-state index contributed by atoms with van der Waals surface area (Å²) in [4.78, 5) is 12.7. The molecule has 0 spiro atoms. The zero-order chi connectivity index (χ0) is 29.7. The van der Waals surface area contributed by atoms with Crippen molar-refractivity contribution < 1.29 is 23.4 Å². The van der Waals surface area contributed by atoms with Crippen molar-refractivity contribution in [3.63, 3.8) is 0 Å². The van der Waals surface area contributed by atoms with Crippen molar-refractivity contribution in [2.24, 2.45) is 0 Å². The lowest BCUT2D eigenvalue weighted by Crippen LogP contribution is -2.43. The third kappa shape index (κ3) is 9.36. The summed E-state index contributed by atoms with van der Waals surface area (Å²) in [6.45, 7) is 11.0. The van der Waals surface area contributed by atoms with E-state index in [9.17, 15) is 23.4 Å². The molecule has 216 valence electrons. The Morgan fingerprint density at radius 3 is 2.27 bits per heavy atom. The van der Waals surface area contributed by atoms with Crippen LogP contribution in [0.3, 0.4) is 0 Å². The Hall–Kier alpha value is -3.40. The molecule has 5 N–H and O–H groups in total. The van der Waals surface area contributed by atoms with Gasteiger partial charge in [-0.05, 0) is 86.6 Å². The summed E-state index contributed by atoms with van der Waals surface area (Å²) in [6.07, 6.45) is 1.02. The Kier molecular flexibility index (Phi) is 10.00. The molecule has 0 aliphatic carbocycles. The maximum Gasteiger partial charge on any atom is 0.229 e. The molecule has 1 atom stereocenters. The number of aromatic hydroxyl groups is 1. The minimum absolute atomic E-state index is 0.0169. The van der Waals surface area contributed by atoms with Crippen LogP contribution < -0.4 is 15.4 Å². The van der Waals surface area contributed by atoms with Gasteiger partial charge in [0.15, 0.2) is 0 Å². The van der Waals surface area contributed by atoms with Crippen molar-refractivity contribution in [2.45, 2.75) is 65.6 Å². The molecule has 0 saturated carbocycles. The summed E-state index contributed by atoms with van der Waals surface area (Å²) in [5.41, 5.74) is 6.81. The Labute approximate surface area is 237 Å². The first-order valence-corrected chi connectivity index (χ1v) is 15.2. The molecule has 0 heterocycles. The molecule has 3 rings (SSSR count). The minimum Gasteiger partial charge on any atom is -0.506 e. The van der Waals surface area contributed by atoms with E-state index >= 15 is 0 Å². The number of carbonyl (C=O) groups excluding carboxylic acids is 1. The van der Waals surface area contributed by atoms with E-state index in [1.807, 2.05) is 38.1 Å². The standard InChI is InChI=1S/C31H41N3O5S/c1-20-12-21(2)26(22(3)13-20)18-32-30(37)15-23-8-7-9-24(14-23)17-31(4,5)33-19-29(36)25-10-11-28(35)27(16-25)34-40(6,38)39/h7-14,16,29,33-36H,15,17-19H2,1-6H3,(H,32,37)/t29-/m0/s1. The molecule has 0 aliphatic rings. The Balaban J connectivity index is 1.57. The van der Waals surface area contributed by atoms with Crippen molar-refractivity contribution in [1.29, 1.82) is 0 Å². The van der Waals surface area contributed by atoms with Crippen LogP contribution in [-0.2, 0) is 34.2 Å². The monoisotopic (exact) mass is 567 g/mol. The number of aliphatic hydroxyl groups is 1. The van der Waals surface area contributed by atoms with Gasteiger partial charge in [0.25, 0.3) is 0 Å². The minimum atomic E-state index is -3.58. The smallest absolute Gasteiger partial charge is 0.229 e. The number of carbonyl (C=O) groups is 1. The van der Waals surface area contributed by atoms with Crippen LogP contribution in [0.4, 0.5) is 5.69 Å². The molecular weight excluding hydrogens is 526 g/mol. The number of hydrogen-bond donors (Lipinski definition) is 5. The number of aliphatic hydroxyl groups excluding tert-OH is 1. The third-order valence-electron chi connectivity index (χ3n) is 6.78. The number of sulfonamides is 1. The van der Waals surface area contributed by atoms with Crippen LogP contribution >= 0.6 is 0 Å². The highest BCUT2D eigenvalue weighted by Crippen LogP contribution is 2.28. The number of aryl methyl sites for hydroxylation is 3. The molecule has 3 aromatic carbocycles. The van der Waals surface area contributed by atoms with Gasteiger partial charge in [-0.2, -0.15) is 0 Å². The highest BCUT2D eigenvalue weighted by atomic mass is 32.2.